The number of carbonyl (C=O) groups excluding carboxylic acids is 2. The minimum absolute atomic E-state index is 0.148. The Bertz CT molecular complexity index is 763. The summed E-state index contributed by atoms with van der Waals surface area (Å²) in [6.45, 7) is 2.63. The predicted octanol–water partition coefficient (Wildman–Crippen LogP) is 3.51. The van der Waals surface area contributed by atoms with Crippen LogP contribution in [0.2, 0.25) is 5.02 Å². The zero-order valence-electron chi connectivity index (χ0n) is 14.7. The number of ether oxygens (including phenoxy) is 2. The van der Waals surface area contributed by atoms with Crippen molar-refractivity contribution < 1.29 is 19.1 Å². The van der Waals surface area contributed by atoms with Crippen LogP contribution in [0.5, 0.6) is 11.5 Å². The van der Waals surface area contributed by atoms with Crippen molar-refractivity contribution in [2.75, 3.05) is 25.6 Å². The summed E-state index contributed by atoms with van der Waals surface area (Å²) in [7, 11) is 1.54. The number of benzene rings is 2. The van der Waals surface area contributed by atoms with Crippen molar-refractivity contribution in [3.05, 3.63) is 53.1 Å². The van der Waals surface area contributed by atoms with Gasteiger partial charge in [-0.2, -0.15) is 0 Å². The van der Waals surface area contributed by atoms with Crippen LogP contribution in [-0.2, 0) is 4.79 Å². The molecule has 0 aliphatic rings. The molecular formula is C19H21ClN2O4. The smallest absolute Gasteiger partial charge is 0.251 e. The van der Waals surface area contributed by atoms with Crippen molar-refractivity contribution in [2.45, 2.75) is 13.3 Å². The van der Waals surface area contributed by atoms with E-state index in [1.165, 1.54) is 7.11 Å². The van der Waals surface area contributed by atoms with Gasteiger partial charge in [-0.05, 0) is 43.3 Å². The van der Waals surface area contributed by atoms with E-state index in [-0.39, 0.29) is 24.8 Å². The van der Waals surface area contributed by atoms with E-state index in [2.05, 4.69) is 10.6 Å². The first-order valence-corrected chi connectivity index (χ1v) is 8.55. The summed E-state index contributed by atoms with van der Waals surface area (Å²) in [5.41, 5.74) is 1.09. The fourth-order valence-electron chi connectivity index (χ4n) is 2.24. The van der Waals surface area contributed by atoms with E-state index in [1.54, 1.807) is 42.5 Å². The number of methoxy groups -OCH3 is 1. The normalized spacial score (nSPS) is 10.1. The number of anilines is 1. The lowest BCUT2D eigenvalue weighted by molar-refractivity contribution is -0.116. The molecule has 0 saturated carbocycles. The zero-order valence-corrected chi connectivity index (χ0v) is 15.4. The molecule has 0 aliphatic heterocycles. The van der Waals surface area contributed by atoms with E-state index in [4.69, 9.17) is 21.1 Å². The van der Waals surface area contributed by atoms with Crippen LogP contribution in [-0.4, -0.2) is 32.1 Å². The van der Waals surface area contributed by atoms with Gasteiger partial charge in [0.15, 0.2) is 11.5 Å². The molecule has 0 atom stereocenters. The van der Waals surface area contributed by atoms with Crippen molar-refractivity contribution in [3.63, 3.8) is 0 Å². The number of hydrogen-bond acceptors (Lipinski definition) is 4. The van der Waals surface area contributed by atoms with Gasteiger partial charge in [0, 0.05) is 35.3 Å². The minimum atomic E-state index is -0.253. The molecule has 0 unspecified atom stereocenters. The molecule has 26 heavy (non-hydrogen) atoms. The second-order valence-corrected chi connectivity index (χ2v) is 5.80. The highest BCUT2D eigenvalue weighted by molar-refractivity contribution is 6.30. The highest BCUT2D eigenvalue weighted by Gasteiger charge is 2.09. The Balaban J connectivity index is 1.83. The van der Waals surface area contributed by atoms with Gasteiger partial charge in [-0.1, -0.05) is 11.6 Å². The van der Waals surface area contributed by atoms with E-state index < -0.39 is 0 Å². The van der Waals surface area contributed by atoms with Crippen LogP contribution in [0, 0.1) is 0 Å². The molecule has 0 heterocycles. The number of amides is 2. The largest absolute Gasteiger partial charge is 0.493 e. The number of nitrogens with one attached hydrogen (secondary N) is 2. The zero-order chi connectivity index (χ0) is 18.9. The number of hydrogen-bond donors (Lipinski definition) is 2. The Morgan fingerprint density at radius 3 is 2.46 bits per heavy atom. The van der Waals surface area contributed by atoms with Crippen LogP contribution in [0.1, 0.15) is 23.7 Å². The molecule has 2 N–H and O–H groups in total. The van der Waals surface area contributed by atoms with Crippen LogP contribution < -0.4 is 20.1 Å². The summed E-state index contributed by atoms with van der Waals surface area (Å²) in [5.74, 6) is 0.689. The highest BCUT2D eigenvalue weighted by atomic mass is 35.5. The third-order valence-electron chi connectivity index (χ3n) is 3.49. The Morgan fingerprint density at radius 2 is 1.81 bits per heavy atom. The lowest BCUT2D eigenvalue weighted by Gasteiger charge is -2.12. The van der Waals surface area contributed by atoms with Crippen LogP contribution in [0.25, 0.3) is 0 Å². The SMILES string of the molecule is CCOc1ccc(NC(=O)CCNC(=O)c2ccc(Cl)cc2)cc1OC. The Labute approximate surface area is 157 Å². The molecule has 0 spiro atoms. The second kappa shape index (κ2) is 9.68. The average Bonchev–Trinajstić information content (AvgIpc) is 2.63. The van der Waals surface area contributed by atoms with Crippen molar-refractivity contribution >= 4 is 29.1 Å². The van der Waals surface area contributed by atoms with Gasteiger partial charge in [0.25, 0.3) is 5.91 Å². The highest BCUT2D eigenvalue weighted by Crippen LogP contribution is 2.30. The summed E-state index contributed by atoms with van der Waals surface area (Å²) < 4.78 is 10.7. The lowest BCUT2D eigenvalue weighted by Crippen LogP contribution is -2.27. The average molecular weight is 377 g/mol. The monoisotopic (exact) mass is 376 g/mol. The maximum Gasteiger partial charge on any atom is 0.251 e. The van der Waals surface area contributed by atoms with E-state index in [1.807, 2.05) is 6.92 Å². The van der Waals surface area contributed by atoms with Gasteiger partial charge in [0.2, 0.25) is 5.91 Å². The van der Waals surface area contributed by atoms with Crippen LogP contribution in [0.15, 0.2) is 42.5 Å². The summed E-state index contributed by atoms with van der Waals surface area (Å²) in [6.07, 6.45) is 0.148. The molecule has 7 heteroatoms. The number of rotatable bonds is 8. The molecule has 6 nitrogen and oxygen atoms in total. The van der Waals surface area contributed by atoms with Crippen molar-refractivity contribution in [1.82, 2.24) is 5.32 Å². The maximum atomic E-state index is 12.0. The molecule has 2 aromatic rings. The third kappa shape index (κ3) is 5.67. The van der Waals surface area contributed by atoms with Crippen LogP contribution in [0.4, 0.5) is 5.69 Å². The van der Waals surface area contributed by atoms with Crippen molar-refractivity contribution in [3.8, 4) is 11.5 Å². The molecular weight excluding hydrogens is 356 g/mol. The molecule has 2 aromatic carbocycles. The topological polar surface area (TPSA) is 76.7 Å². The predicted molar refractivity (Wildman–Crippen MR) is 101 cm³/mol. The summed E-state index contributed by atoms with van der Waals surface area (Å²) in [5, 5.41) is 6.02. The molecule has 2 rings (SSSR count). The molecule has 138 valence electrons. The maximum absolute atomic E-state index is 12.0. The van der Waals surface area contributed by atoms with Gasteiger partial charge in [-0.15, -0.1) is 0 Å². The minimum Gasteiger partial charge on any atom is -0.493 e. The summed E-state index contributed by atoms with van der Waals surface area (Å²) in [6, 6.07) is 11.7. The first-order valence-electron chi connectivity index (χ1n) is 8.18. The molecule has 0 radical (unpaired) electrons. The van der Waals surface area contributed by atoms with Gasteiger partial charge in [-0.25, -0.2) is 0 Å². The fraction of sp³-hybridized carbons (Fsp3) is 0.263. The van der Waals surface area contributed by atoms with Gasteiger partial charge in [0.1, 0.15) is 0 Å². The Morgan fingerprint density at radius 1 is 1.08 bits per heavy atom. The Hall–Kier alpha value is -2.73. The van der Waals surface area contributed by atoms with E-state index >= 15 is 0 Å². The van der Waals surface area contributed by atoms with E-state index in [0.717, 1.165) is 0 Å². The second-order valence-electron chi connectivity index (χ2n) is 5.36. The standard InChI is InChI=1S/C19H21ClN2O4/c1-3-26-16-9-8-15(12-17(16)25-2)22-18(23)10-11-21-19(24)13-4-6-14(20)7-5-13/h4-9,12H,3,10-11H2,1-2H3,(H,21,24)(H,22,23). The Kier molecular flexibility index (Phi) is 7.29. The molecule has 0 bridgehead atoms. The van der Waals surface area contributed by atoms with Crippen LogP contribution >= 0.6 is 11.6 Å². The third-order valence-corrected chi connectivity index (χ3v) is 3.74. The fourth-order valence-corrected chi connectivity index (χ4v) is 2.36. The van der Waals surface area contributed by atoms with Crippen molar-refractivity contribution in [1.29, 1.82) is 0 Å². The van der Waals surface area contributed by atoms with Gasteiger partial charge in [-0.3, -0.25) is 9.59 Å². The van der Waals surface area contributed by atoms with Crippen LogP contribution in [0.3, 0.4) is 0 Å². The summed E-state index contributed by atoms with van der Waals surface area (Å²) in [4.78, 5) is 24.0. The van der Waals surface area contributed by atoms with Crippen molar-refractivity contribution in [2.24, 2.45) is 0 Å². The van der Waals surface area contributed by atoms with E-state index in [0.29, 0.717) is 34.4 Å². The van der Waals surface area contributed by atoms with Gasteiger partial charge in [0.05, 0.1) is 13.7 Å². The quantitative estimate of drug-likeness (QED) is 0.739. The van der Waals surface area contributed by atoms with Gasteiger partial charge < -0.3 is 20.1 Å². The lowest BCUT2D eigenvalue weighted by atomic mass is 10.2. The molecule has 2 amide bonds. The van der Waals surface area contributed by atoms with E-state index in [9.17, 15) is 9.59 Å². The molecule has 0 fully saturated rings. The first-order chi connectivity index (χ1) is 12.5. The number of halogens is 1. The summed E-state index contributed by atoms with van der Waals surface area (Å²) >= 11 is 5.79. The molecule has 0 saturated heterocycles. The first kappa shape index (κ1) is 19.6. The van der Waals surface area contributed by atoms with Gasteiger partial charge >= 0.3 is 0 Å². The molecule has 0 aromatic heterocycles. The number of carbonyl (C=O) groups is 2. The molecule has 0 aliphatic carbocycles.